The first kappa shape index (κ1) is 12.4. The number of ether oxygens (including phenoxy) is 1. The molecule has 0 aliphatic rings. The maximum Gasteiger partial charge on any atom is 0.254 e. The van der Waals surface area contributed by atoms with E-state index >= 15 is 0 Å². The molecule has 0 radical (unpaired) electrons. The molecule has 0 fully saturated rings. The molecule has 0 saturated heterocycles. The molecule has 1 aromatic heterocycles. The van der Waals surface area contributed by atoms with Crippen LogP contribution in [-0.4, -0.2) is 9.97 Å². The van der Waals surface area contributed by atoms with Crippen LogP contribution in [0.25, 0.3) is 0 Å². The molecule has 94 valence electrons. The summed E-state index contributed by atoms with van der Waals surface area (Å²) in [6.07, 6.45) is 1.32. The second kappa shape index (κ2) is 4.64. The Morgan fingerprint density at radius 2 is 2.00 bits per heavy atom. The van der Waals surface area contributed by atoms with Crippen molar-refractivity contribution in [2.45, 2.75) is 26.2 Å². The summed E-state index contributed by atoms with van der Waals surface area (Å²) in [6.45, 7) is 6.41. The average molecular weight is 244 g/mol. The largest absolute Gasteiger partial charge is 0.439 e. The van der Waals surface area contributed by atoms with Gasteiger partial charge in [-0.15, -0.1) is 0 Å². The van der Waals surface area contributed by atoms with E-state index in [1.54, 1.807) is 0 Å². The third-order valence-electron chi connectivity index (χ3n) is 2.58. The number of H-pyrrole nitrogens is 1. The molecule has 18 heavy (non-hydrogen) atoms. The van der Waals surface area contributed by atoms with E-state index < -0.39 is 0 Å². The first-order valence-electron chi connectivity index (χ1n) is 5.78. The minimum Gasteiger partial charge on any atom is -0.439 e. The Hall–Kier alpha value is -2.10. The third-order valence-corrected chi connectivity index (χ3v) is 2.58. The van der Waals surface area contributed by atoms with Crippen LogP contribution in [0.3, 0.4) is 0 Å². The second-order valence-corrected chi connectivity index (χ2v) is 5.13. The maximum atomic E-state index is 11.1. The van der Waals surface area contributed by atoms with Crippen LogP contribution < -0.4 is 10.3 Å². The van der Waals surface area contributed by atoms with E-state index in [9.17, 15) is 4.79 Å². The molecule has 2 rings (SSSR count). The maximum absolute atomic E-state index is 11.1. The topological polar surface area (TPSA) is 55.0 Å². The first-order chi connectivity index (χ1) is 8.45. The molecule has 0 atom stereocenters. The molecule has 0 bridgehead atoms. The van der Waals surface area contributed by atoms with Gasteiger partial charge in [0.15, 0.2) is 0 Å². The van der Waals surface area contributed by atoms with Crippen LogP contribution in [0.5, 0.6) is 11.6 Å². The summed E-state index contributed by atoms with van der Waals surface area (Å²) in [5.74, 6) is 0.977. The number of hydrogen-bond donors (Lipinski definition) is 1. The molecule has 0 amide bonds. The number of rotatable bonds is 2. The molecule has 0 saturated carbocycles. The highest BCUT2D eigenvalue weighted by molar-refractivity contribution is 5.34. The van der Waals surface area contributed by atoms with Crippen molar-refractivity contribution in [2.24, 2.45) is 0 Å². The Kier molecular flexibility index (Phi) is 3.19. The summed E-state index contributed by atoms with van der Waals surface area (Å²) in [5.41, 5.74) is 0.998. The number of benzene rings is 1. The van der Waals surface area contributed by atoms with Crippen LogP contribution in [0.15, 0.2) is 41.5 Å². The van der Waals surface area contributed by atoms with Gasteiger partial charge in [-0.3, -0.25) is 4.79 Å². The fraction of sp³-hybridized carbons (Fsp3) is 0.286. The number of nitrogens with zero attached hydrogens (tertiary/aromatic N) is 1. The molecular weight excluding hydrogens is 228 g/mol. The van der Waals surface area contributed by atoms with Crippen molar-refractivity contribution >= 4 is 0 Å². The van der Waals surface area contributed by atoms with Gasteiger partial charge in [0, 0.05) is 0 Å². The summed E-state index contributed by atoms with van der Waals surface area (Å²) >= 11 is 0. The van der Waals surface area contributed by atoms with Crippen molar-refractivity contribution in [1.29, 1.82) is 0 Å². The van der Waals surface area contributed by atoms with Gasteiger partial charge in [-0.05, 0) is 23.1 Å². The monoisotopic (exact) mass is 244 g/mol. The van der Waals surface area contributed by atoms with Gasteiger partial charge in [-0.1, -0.05) is 32.9 Å². The molecule has 0 spiro atoms. The quantitative estimate of drug-likeness (QED) is 0.883. The lowest BCUT2D eigenvalue weighted by Crippen LogP contribution is -2.10. The van der Waals surface area contributed by atoms with Crippen molar-refractivity contribution < 1.29 is 4.74 Å². The summed E-state index contributed by atoms with van der Waals surface area (Å²) < 4.78 is 5.56. The highest BCUT2D eigenvalue weighted by Gasteiger charge is 2.14. The number of aromatic nitrogens is 2. The molecule has 4 nitrogen and oxygen atoms in total. The van der Waals surface area contributed by atoms with Crippen LogP contribution >= 0.6 is 0 Å². The third kappa shape index (κ3) is 2.97. The second-order valence-electron chi connectivity index (χ2n) is 5.13. The fourth-order valence-corrected chi connectivity index (χ4v) is 1.55. The molecule has 1 N–H and O–H groups in total. The van der Waals surface area contributed by atoms with Gasteiger partial charge < -0.3 is 9.72 Å². The van der Waals surface area contributed by atoms with Gasteiger partial charge in [-0.2, -0.15) is 0 Å². The van der Waals surface area contributed by atoms with Crippen molar-refractivity contribution in [3.8, 4) is 11.6 Å². The molecular formula is C14H16N2O2. The van der Waals surface area contributed by atoms with E-state index in [4.69, 9.17) is 4.74 Å². The number of aromatic amines is 1. The minimum atomic E-state index is -0.230. The lowest BCUT2D eigenvalue weighted by Gasteiger charge is -2.19. The van der Waals surface area contributed by atoms with Gasteiger partial charge >= 0.3 is 0 Å². The van der Waals surface area contributed by atoms with Crippen LogP contribution in [0.4, 0.5) is 0 Å². The first-order valence-corrected chi connectivity index (χ1v) is 5.78. The Bertz CT molecular complexity index is 597. The fourth-order valence-electron chi connectivity index (χ4n) is 1.55. The van der Waals surface area contributed by atoms with Gasteiger partial charge in [-0.25, -0.2) is 4.98 Å². The molecule has 4 heteroatoms. The molecule has 0 unspecified atom stereocenters. The lowest BCUT2D eigenvalue weighted by molar-refractivity contribution is 0.457. The smallest absolute Gasteiger partial charge is 0.254 e. The van der Waals surface area contributed by atoms with Crippen LogP contribution in [0.1, 0.15) is 26.3 Å². The Morgan fingerprint density at radius 1 is 1.22 bits per heavy atom. The predicted molar refractivity (Wildman–Crippen MR) is 70.1 cm³/mol. The lowest BCUT2D eigenvalue weighted by atomic mass is 9.87. The van der Waals surface area contributed by atoms with Crippen molar-refractivity contribution in [3.05, 3.63) is 52.6 Å². The van der Waals surface area contributed by atoms with Crippen molar-refractivity contribution in [2.75, 3.05) is 0 Å². The molecule has 1 aromatic carbocycles. The Labute approximate surface area is 106 Å². The summed E-state index contributed by atoms with van der Waals surface area (Å²) in [4.78, 5) is 17.5. The summed E-state index contributed by atoms with van der Waals surface area (Å²) in [7, 11) is 0. The van der Waals surface area contributed by atoms with E-state index in [0.29, 0.717) is 11.6 Å². The van der Waals surface area contributed by atoms with E-state index in [1.165, 1.54) is 18.0 Å². The zero-order valence-corrected chi connectivity index (χ0v) is 10.7. The number of nitrogens with one attached hydrogen (secondary N) is 1. The molecule has 0 aliphatic heterocycles. The highest BCUT2D eigenvalue weighted by atomic mass is 16.5. The Balaban J connectivity index is 2.27. The van der Waals surface area contributed by atoms with Gasteiger partial charge in [0.05, 0.1) is 12.4 Å². The van der Waals surface area contributed by atoms with Crippen molar-refractivity contribution in [3.63, 3.8) is 0 Å². The molecule has 1 heterocycles. The van der Waals surface area contributed by atoms with Crippen LogP contribution in [0, 0.1) is 0 Å². The Morgan fingerprint density at radius 3 is 2.67 bits per heavy atom. The van der Waals surface area contributed by atoms with Crippen LogP contribution in [0.2, 0.25) is 0 Å². The van der Waals surface area contributed by atoms with Crippen molar-refractivity contribution in [1.82, 2.24) is 9.97 Å². The molecule has 2 aromatic rings. The summed E-state index contributed by atoms with van der Waals surface area (Å²) in [5, 5.41) is 0. The minimum absolute atomic E-state index is 0.0565. The van der Waals surface area contributed by atoms with Gasteiger partial charge in [0.2, 0.25) is 5.88 Å². The SMILES string of the molecule is CC(C)(C)c1cccc(Oc2cc(=O)[nH]cn2)c1. The average Bonchev–Trinajstić information content (AvgIpc) is 2.28. The summed E-state index contributed by atoms with van der Waals surface area (Å²) in [6, 6.07) is 9.12. The normalized spacial score (nSPS) is 11.3. The van der Waals surface area contributed by atoms with E-state index in [0.717, 1.165) is 0 Å². The predicted octanol–water partition coefficient (Wildman–Crippen LogP) is 2.86. The zero-order chi connectivity index (χ0) is 13.2. The van der Waals surface area contributed by atoms with Gasteiger partial charge in [0.25, 0.3) is 5.56 Å². The molecule has 0 aliphatic carbocycles. The highest BCUT2D eigenvalue weighted by Crippen LogP contribution is 2.27. The van der Waals surface area contributed by atoms with E-state index in [1.807, 2.05) is 18.2 Å². The van der Waals surface area contributed by atoms with E-state index in [2.05, 4.69) is 36.8 Å². The van der Waals surface area contributed by atoms with Gasteiger partial charge in [0.1, 0.15) is 5.75 Å². The zero-order valence-electron chi connectivity index (χ0n) is 10.7. The van der Waals surface area contributed by atoms with E-state index in [-0.39, 0.29) is 11.0 Å². The standard InChI is InChI=1S/C14H16N2O2/c1-14(2,3)10-5-4-6-11(7-10)18-13-8-12(17)15-9-16-13/h4-9H,1-3H3,(H,15,16,17). The van der Waals surface area contributed by atoms with Crippen LogP contribution in [-0.2, 0) is 5.41 Å². The number of hydrogen-bond acceptors (Lipinski definition) is 3.